The highest BCUT2D eigenvalue weighted by atomic mass is 16.5. The number of aryl methyl sites for hydroxylation is 2. The Morgan fingerprint density at radius 1 is 1.03 bits per heavy atom. The standard InChI is InChI=1S/C31H30N4O4/c1-18-27(19(2)39-33-18)22-13-24(29(32)36)28-23-12-21(30(37)35-17-38-16-31(35,3)4)10-11-25(23)34(26(28)14-22)15-20-8-6-5-7-9-20/h5-14H,15-17H2,1-4H3,(H2,32,36). The fraction of sp³-hybridized carbons (Fsp3) is 0.258. The molecular weight excluding hydrogens is 492 g/mol. The molecule has 2 aromatic heterocycles. The zero-order valence-corrected chi connectivity index (χ0v) is 22.4. The Morgan fingerprint density at radius 3 is 2.44 bits per heavy atom. The fourth-order valence-corrected chi connectivity index (χ4v) is 5.66. The summed E-state index contributed by atoms with van der Waals surface area (Å²) in [7, 11) is 0. The summed E-state index contributed by atoms with van der Waals surface area (Å²) in [6.45, 7) is 9.00. The van der Waals surface area contributed by atoms with Crippen LogP contribution in [0, 0.1) is 13.8 Å². The van der Waals surface area contributed by atoms with E-state index in [9.17, 15) is 9.59 Å². The molecule has 0 spiro atoms. The van der Waals surface area contributed by atoms with E-state index >= 15 is 0 Å². The van der Waals surface area contributed by atoms with Crippen LogP contribution in [0.25, 0.3) is 32.9 Å². The lowest BCUT2D eigenvalue weighted by Crippen LogP contribution is -2.44. The molecule has 3 aromatic carbocycles. The van der Waals surface area contributed by atoms with Gasteiger partial charge in [0.2, 0.25) is 5.91 Å². The van der Waals surface area contributed by atoms with Crippen LogP contribution < -0.4 is 5.73 Å². The van der Waals surface area contributed by atoms with Crippen LogP contribution in [0.5, 0.6) is 0 Å². The minimum atomic E-state index is -0.543. The average Bonchev–Trinajstić information content (AvgIpc) is 3.55. The van der Waals surface area contributed by atoms with Gasteiger partial charge in [-0.1, -0.05) is 35.5 Å². The fourth-order valence-electron chi connectivity index (χ4n) is 5.66. The number of benzene rings is 3. The van der Waals surface area contributed by atoms with Gasteiger partial charge in [-0.3, -0.25) is 9.59 Å². The van der Waals surface area contributed by atoms with Gasteiger partial charge in [0.15, 0.2) is 0 Å². The average molecular weight is 523 g/mol. The number of carbonyl (C=O) groups is 2. The van der Waals surface area contributed by atoms with Crippen LogP contribution in [0.3, 0.4) is 0 Å². The van der Waals surface area contributed by atoms with Crippen LogP contribution in [-0.4, -0.2) is 45.3 Å². The first kappa shape index (κ1) is 24.9. The second-order valence-corrected chi connectivity index (χ2v) is 10.8. The summed E-state index contributed by atoms with van der Waals surface area (Å²) in [4.78, 5) is 28.2. The molecule has 0 radical (unpaired) electrons. The lowest BCUT2D eigenvalue weighted by molar-refractivity contribution is 0.0605. The summed E-state index contributed by atoms with van der Waals surface area (Å²) < 4.78 is 13.2. The van der Waals surface area contributed by atoms with Crippen LogP contribution in [0.4, 0.5) is 0 Å². The Morgan fingerprint density at radius 2 is 1.79 bits per heavy atom. The van der Waals surface area contributed by atoms with Crippen molar-refractivity contribution in [3.8, 4) is 11.1 Å². The van der Waals surface area contributed by atoms with E-state index in [0.29, 0.717) is 30.0 Å². The van der Waals surface area contributed by atoms with Crippen molar-refractivity contribution in [3.05, 3.63) is 88.8 Å². The molecule has 0 bridgehead atoms. The Bertz CT molecular complexity index is 1740. The maximum atomic E-state index is 13.6. The summed E-state index contributed by atoms with van der Waals surface area (Å²) in [5.74, 6) is 0.00539. The van der Waals surface area contributed by atoms with Gasteiger partial charge in [-0.15, -0.1) is 0 Å². The zero-order valence-electron chi connectivity index (χ0n) is 22.4. The summed E-state index contributed by atoms with van der Waals surface area (Å²) in [5.41, 5.74) is 11.7. The van der Waals surface area contributed by atoms with Crippen LogP contribution in [0.1, 0.15) is 51.6 Å². The third kappa shape index (κ3) is 4.08. The van der Waals surface area contributed by atoms with Gasteiger partial charge in [0.1, 0.15) is 12.5 Å². The van der Waals surface area contributed by atoms with Gasteiger partial charge in [0.05, 0.1) is 23.4 Å². The number of hydrogen-bond donors (Lipinski definition) is 1. The molecule has 0 saturated carbocycles. The van der Waals surface area contributed by atoms with Crippen LogP contribution in [-0.2, 0) is 11.3 Å². The lowest BCUT2D eigenvalue weighted by atomic mass is 9.96. The van der Waals surface area contributed by atoms with Crippen molar-refractivity contribution in [1.29, 1.82) is 0 Å². The minimum absolute atomic E-state index is 0.115. The molecule has 8 nitrogen and oxygen atoms in total. The summed E-state index contributed by atoms with van der Waals surface area (Å²) in [5, 5.41) is 5.62. The SMILES string of the molecule is Cc1noc(C)c1-c1cc(C(N)=O)c2c3cc(C(=O)N4COCC4(C)C)ccc3n(Cc3ccccc3)c2c1. The van der Waals surface area contributed by atoms with Crippen molar-refractivity contribution >= 4 is 33.6 Å². The lowest BCUT2D eigenvalue weighted by Gasteiger charge is -2.29. The number of aromatic nitrogens is 2. The van der Waals surface area contributed by atoms with Crippen LogP contribution in [0.15, 0.2) is 65.2 Å². The topological polar surface area (TPSA) is 104 Å². The maximum absolute atomic E-state index is 13.6. The van der Waals surface area contributed by atoms with Gasteiger partial charge >= 0.3 is 0 Å². The number of hydrogen-bond acceptors (Lipinski definition) is 5. The van der Waals surface area contributed by atoms with Crippen LogP contribution in [0.2, 0.25) is 0 Å². The number of amides is 2. The van der Waals surface area contributed by atoms with Crippen molar-refractivity contribution in [3.63, 3.8) is 0 Å². The van der Waals surface area contributed by atoms with Crippen molar-refractivity contribution in [1.82, 2.24) is 14.6 Å². The molecular formula is C31H30N4O4. The van der Waals surface area contributed by atoms with E-state index in [2.05, 4.69) is 27.9 Å². The molecule has 198 valence electrons. The molecule has 8 heteroatoms. The number of rotatable bonds is 5. The molecule has 2 N–H and O–H groups in total. The first-order chi connectivity index (χ1) is 18.7. The van der Waals surface area contributed by atoms with Gasteiger partial charge in [0, 0.05) is 39.5 Å². The Kier molecular flexibility index (Phi) is 5.80. The monoisotopic (exact) mass is 522 g/mol. The molecule has 0 aliphatic carbocycles. The van der Waals surface area contributed by atoms with E-state index in [1.165, 1.54) is 0 Å². The molecule has 2 amide bonds. The molecule has 3 heterocycles. The molecule has 5 aromatic rings. The Labute approximate surface area is 225 Å². The van der Waals surface area contributed by atoms with Gasteiger partial charge in [0.25, 0.3) is 5.91 Å². The van der Waals surface area contributed by atoms with E-state index in [1.807, 2.05) is 64.1 Å². The molecule has 0 atom stereocenters. The van der Waals surface area contributed by atoms with Crippen molar-refractivity contribution in [2.75, 3.05) is 13.3 Å². The highest BCUT2D eigenvalue weighted by Gasteiger charge is 2.37. The number of nitrogens with zero attached hydrogens (tertiary/aromatic N) is 3. The van der Waals surface area contributed by atoms with Crippen molar-refractivity contribution in [2.45, 2.75) is 39.8 Å². The Hall–Kier alpha value is -4.43. The zero-order chi connectivity index (χ0) is 27.5. The summed E-state index contributed by atoms with van der Waals surface area (Å²) in [6.07, 6.45) is 0. The van der Waals surface area contributed by atoms with E-state index in [1.54, 1.807) is 11.0 Å². The highest BCUT2D eigenvalue weighted by molar-refractivity contribution is 6.20. The van der Waals surface area contributed by atoms with E-state index in [0.717, 1.165) is 44.2 Å². The number of nitrogens with two attached hydrogens (primary N) is 1. The second-order valence-electron chi connectivity index (χ2n) is 10.8. The number of ether oxygens (including phenoxy) is 1. The predicted octanol–water partition coefficient (Wildman–Crippen LogP) is 5.42. The number of fused-ring (bicyclic) bond motifs is 3. The van der Waals surface area contributed by atoms with Gasteiger partial charge in [-0.25, -0.2) is 0 Å². The molecule has 0 unspecified atom stereocenters. The highest BCUT2D eigenvalue weighted by Crippen LogP contribution is 2.38. The first-order valence-electron chi connectivity index (χ1n) is 12.9. The maximum Gasteiger partial charge on any atom is 0.256 e. The van der Waals surface area contributed by atoms with Gasteiger partial charge in [-0.05, 0) is 69.2 Å². The molecule has 1 saturated heterocycles. The van der Waals surface area contributed by atoms with Crippen molar-refractivity contribution < 1.29 is 18.8 Å². The van der Waals surface area contributed by atoms with E-state index in [4.69, 9.17) is 15.0 Å². The van der Waals surface area contributed by atoms with Crippen LogP contribution >= 0.6 is 0 Å². The summed E-state index contributed by atoms with van der Waals surface area (Å²) >= 11 is 0. The second kappa shape index (κ2) is 9.10. The minimum Gasteiger partial charge on any atom is -0.366 e. The molecule has 39 heavy (non-hydrogen) atoms. The first-order valence-corrected chi connectivity index (χ1v) is 12.9. The van der Waals surface area contributed by atoms with Crippen molar-refractivity contribution in [2.24, 2.45) is 5.73 Å². The largest absolute Gasteiger partial charge is 0.366 e. The molecule has 6 rings (SSSR count). The number of primary amides is 1. The van der Waals surface area contributed by atoms with Gasteiger partial charge < -0.3 is 24.5 Å². The smallest absolute Gasteiger partial charge is 0.256 e. The molecule has 1 fully saturated rings. The third-order valence-electron chi connectivity index (χ3n) is 7.63. The van der Waals surface area contributed by atoms with E-state index in [-0.39, 0.29) is 12.6 Å². The molecule has 1 aliphatic rings. The quantitative estimate of drug-likeness (QED) is 0.332. The Balaban J connectivity index is 1.64. The van der Waals surface area contributed by atoms with Gasteiger partial charge in [-0.2, -0.15) is 0 Å². The summed E-state index contributed by atoms with van der Waals surface area (Å²) in [6, 6.07) is 19.7. The normalized spacial score (nSPS) is 14.9. The predicted molar refractivity (Wildman–Crippen MR) is 150 cm³/mol. The molecule has 1 aliphatic heterocycles. The third-order valence-corrected chi connectivity index (χ3v) is 7.63. The van der Waals surface area contributed by atoms with E-state index < -0.39 is 11.4 Å². The number of carbonyl (C=O) groups excluding carboxylic acids is 2.